The number of anilines is 2. The summed E-state index contributed by atoms with van der Waals surface area (Å²) in [7, 11) is 0. The Morgan fingerprint density at radius 3 is 2.67 bits per heavy atom. The minimum absolute atomic E-state index is 0.00407. The number of hydrogen-bond donors (Lipinski definition) is 2. The van der Waals surface area contributed by atoms with Gasteiger partial charge in [0.25, 0.3) is 5.91 Å². The van der Waals surface area contributed by atoms with Crippen molar-refractivity contribution in [3.63, 3.8) is 0 Å². The van der Waals surface area contributed by atoms with Gasteiger partial charge >= 0.3 is 0 Å². The number of hydrogen-bond acceptors (Lipinski definition) is 7. The first-order chi connectivity index (χ1) is 20.9. The van der Waals surface area contributed by atoms with Crippen LogP contribution in [0.3, 0.4) is 0 Å². The van der Waals surface area contributed by atoms with Crippen LogP contribution >= 0.6 is 11.6 Å². The van der Waals surface area contributed by atoms with Crippen LogP contribution in [0.1, 0.15) is 84.9 Å². The standard InChI is InChI=1S/C32H32ClN7O3/c33-25-15-36-30(34)29-28(38-31(40(25)29)20-3-5-21-6-10-27(41)39(21)16-20)23-9-4-19(13-24(23)43-22-7-8-22)32(42)37-26-14-18(11-12-35-26)17-1-2-17/h4,9,11-15,17,20-22H,1-3,5-8,10,16H2,(H2,34,36)(H,35,37,42)/t20-,21+/m1/s1. The van der Waals surface area contributed by atoms with Crippen molar-refractivity contribution in [2.75, 3.05) is 17.6 Å². The smallest absolute Gasteiger partial charge is 0.256 e. The van der Waals surface area contributed by atoms with Crippen LogP contribution in [0.4, 0.5) is 11.6 Å². The number of pyridine rings is 1. The molecule has 0 spiro atoms. The van der Waals surface area contributed by atoms with E-state index in [1.165, 1.54) is 24.6 Å². The van der Waals surface area contributed by atoms with E-state index in [-0.39, 0.29) is 23.8 Å². The van der Waals surface area contributed by atoms with E-state index in [0.717, 1.165) is 37.9 Å². The fourth-order valence-corrected chi connectivity index (χ4v) is 6.79. The van der Waals surface area contributed by atoms with Gasteiger partial charge < -0.3 is 20.7 Å². The minimum atomic E-state index is -0.265. The van der Waals surface area contributed by atoms with Crippen molar-refractivity contribution in [2.45, 2.75) is 75.3 Å². The van der Waals surface area contributed by atoms with E-state index in [9.17, 15) is 9.59 Å². The van der Waals surface area contributed by atoms with Gasteiger partial charge in [-0.3, -0.25) is 14.0 Å². The fourth-order valence-electron chi connectivity index (χ4n) is 6.57. The predicted molar refractivity (Wildman–Crippen MR) is 162 cm³/mol. The summed E-state index contributed by atoms with van der Waals surface area (Å²) in [6, 6.07) is 9.65. The Labute approximate surface area is 253 Å². The number of piperidine rings is 1. The molecular formula is C32H32ClN7O3. The highest BCUT2D eigenvalue weighted by Crippen LogP contribution is 2.43. The van der Waals surface area contributed by atoms with E-state index in [4.69, 9.17) is 27.1 Å². The highest BCUT2D eigenvalue weighted by atomic mass is 35.5. The number of aromatic nitrogens is 4. The first kappa shape index (κ1) is 26.4. The second kappa shape index (κ2) is 10.2. The molecule has 5 heterocycles. The van der Waals surface area contributed by atoms with Gasteiger partial charge in [-0.1, -0.05) is 11.6 Å². The van der Waals surface area contributed by atoms with E-state index in [2.05, 4.69) is 15.3 Å². The molecule has 0 bridgehead atoms. The average molecular weight is 598 g/mol. The van der Waals surface area contributed by atoms with Crippen molar-refractivity contribution in [3.05, 3.63) is 64.8 Å². The van der Waals surface area contributed by atoms with Crippen LogP contribution in [-0.2, 0) is 4.79 Å². The van der Waals surface area contributed by atoms with Crippen molar-refractivity contribution in [1.82, 2.24) is 24.3 Å². The van der Waals surface area contributed by atoms with Gasteiger partial charge in [0.05, 0.1) is 12.3 Å². The number of ether oxygens (including phenoxy) is 1. The summed E-state index contributed by atoms with van der Waals surface area (Å²) >= 11 is 6.74. The van der Waals surface area contributed by atoms with Gasteiger partial charge in [0.1, 0.15) is 39.6 Å². The summed E-state index contributed by atoms with van der Waals surface area (Å²) in [5, 5.41) is 3.34. The average Bonchev–Trinajstić information content (AvgIpc) is 3.95. The maximum Gasteiger partial charge on any atom is 0.256 e. The van der Waals surface area contributed by atoms with Crippen molar-refractivity contribution in [1.29, 1.82) is 0 Å². The molecule has 4 aromatic rings. The number of carbonyl (C=O) groups excluding carboxylic acids is 2. The Hall–Kier alpha value is -4.18. The number of carbonyl (C=O) groups is 2. The summed E-state index contributed by atoms with van der Waals surface area (Å²) in [6.07, 6.45) is 10.9. The largest absolute Gasteiger partial charge is 0.490 e. The van der Waals surface area contributed by atoms with Gasteiger partial charge in [-0.2, -0.15) is 0 Å². The molecule has 2 amide bonds. The number of nitrogens with zero attached hydrogens (tertiary/aromatic N) is 5. The number of rotatable bonds is 7. The van der Waals surface area contributed by atoms with Gasteiger partial charge in [0, 0.05) is 42.2 Å². The molecule has 3 N–H and O–H groups in total. The van der Waals surface area contributed by atoms with E-state index in [0.29, 0.717) is 69.8 Å². The lowest BCUT2D eigenvalue weighted by Crippen LogP contribution is -2.41. The van der Waals surface area contributed by atoms with Crippen LogP contribution in [0.2, 0.25) is 5.15 Å². The highest BCUT2D eigenvalue weighted by molar-refractivity contribution is 6.30. The van der Waals surface area contributed by atoms with Gasteiger partial charge in [-0.15, -0.1) is 0 Å². The Balaban J connectivity index is 1.18. The zero-order valence-electron chi connectivity index (χ0n) is 23.6. The molecule has 220 valence electrons. The molecule has 2 atom stereocenters. The van der Waals surface area contributed by atoms with Crippen molar-refractivity contribution < 1.29 is 14.3 Å². The number of nitrogens with two attached hydrogens (primary N) is 1. The lowest BCUT2D eigenvalue weighted by molar-refractivity contribution is -0.130. The molecule has 2 saturated carbocycles. The molecule has 2 aliphatic heterocycles. The quantitative estimate of drug-likeness (QED) is 0.285. The summed E-state index contributed by atoms with van der Waals surface area (Å²) in [4.78, 5) is 41.8. The molecule has 43 heavy (non-hydrogen) atoms. The summed E-state index contributed by atoms with van der Waals surface area (Å²) < 4.78 is 8.23. The van der Waals surface area contributed by atoms with Crippen molar-refractivity contribution in [3.8, 4) is 17.0 Å². The van der Waals surface area contributed by atoms with E-state index < -0.39 is 0 Å². The summed E-state index contributed by atoms with van der Waals surface area (Å²) in [5.41, 5.74) is 10.0. The summed E-state index contributed by atoms with van der Waals surface area (Å²) in [6.45, 7) is 0.598. The van der Waals surface area contributed by atoms with Gasteiger partial charge in [-0.25, -0.2) is 15.0 Å². The van der Waals surface area contributed by atoms with Crippen LogP contribution < -0.4 is 15.8 Å². The molecule has 3 aromatic heterocycles. The molecular weight excluding hydrogens is 566 g/mol. The van der Waals surface area contributed by atoms with E-state index >= 15 is 0 Å². The van der Waals surface area contributed by atoms with Crippen molar-refractivity contribution in [2.24, 2.45) is 0 Å². The number of nitrogen functional groups attached to an aromatic ring is 1. The predicted octanol–water partition coefficient (Wildman–Crippen LogP) is 5.57. The molecule has 1 aromatic carbocycles. The molecule has 10 nitrogen and oxygen atoms in total. The van der Waals surface area contributed by atoms with Crippen molar-refractivity contribution >= 4 is 40.6 Å². The number of nitrogens with one attached hydrogen (secondary N) is 1. The van der Waals surface area contributed by atoms with Crippen LogP contribution in [0, 0.1) is 0 Å². The van der Waals surface area contributed by atoms with Crippen LogP contribution in [0.25, 0.3) is 16.8 Å². The molecule has 0 radical (unpaired) electrons. The third-order valence-corrected chi connectivity index (χ3v) is 9.41. The van der Waals surface area contributed by atoms with Gasteiger partial charge in [-0.05, 0) is 86.8 Å². The summed E-state index contributed by atoms with van der Waals surface area (Å²) in [5.74, 6) is 2.63. The van der Waals surface area contributed by atoms with Crippen LogP contribution in [0.15, 0.2) is 42.7 Å². The molecule has 4 fully saturated rings. The number of halogens is 1. The number of benzene rings is 1. The molecule has 0 unspecified atom stereocenters. The van der Waals surface area contributed by atoms with Gasteiger partial charge in [0.2, 0.25) is 5.91 Å². The lowest BCUT2D eigenvalue weighted by Gasteiger charge is -2.34. The Morgan fingerprint density at radius 2 is 1.86 bits per heavy atom. The molecule has 11 heteroatoms. The zero-order valence-corrected chi connectivity index (χ0v) is 24.4. The Morgan fingerprint density at radius 1 is 1.02 bits per heavy atom. The number of amides is 2. The maximum absolute atomic E-state index is 13.3. The molecule has 8 rings (SSSR count). The normalized spacial score (nSPS) is 21.7. The van der Waals surface area contributed by atoms with E-state index in [1.54, 1.807) is 18.3 Å². The SMILES string of the molecule is Nc1ncc(Cl)n2c([C@@H]3CC[C@H]4CCC(=O)N4C3)nc(-c3ccc(C(=O)Nc4cc(C5CC5)ccn4)cc3OC3CC3)c12. The number of fused-ring (bicyclic) bond motifs is 2. The highest BCUT2D eigenvalue weighted by Gasteiger charge is 2.39. The first-order valence-corrected chi connectivity index (χ1v) is 15.5. The van der Waals surface area contributed by atoms with Gasteiger partial charge in [0.15, 0.2) is 0 Å². The van der Waals surface area contributed by atoms with E-state index in [1.807, 2.05) is 27.5 Å². The van der Waals surface area contributed by atoms with Crippen LogP contribution in [0.5, 0.6) is 5.75 Å². The molecule has 2 saturated heterocycles. The Bertz CT molecular complexity index is 1780. The third-order valence-electron chi connectivity index (χ3n) is 9.14. The first-order valence-electron chi connectivity index (χ1n) is 15.1. The molecule has 4 aliphatic rings. The molecule has 2 aliphatic carbocycles. The monoisotopic (exact) mass is 597 g/mol. The Kier molecular flexibility index (Phi) is 6.29. The second-order valence-electron chi connectivity index (χ2n) is 12.2. The topological polar surface area (TPSA) is 128 Å². The number of imidazole rings is 1. The third kappa shape index (κ3) is 4.87. The van der Waals surface area contributed by atoms with Crippen LogP contribution in [-0.4, -0.2) is 54.8 Å². The lowest BCUT2D eigenvalue weighted by atomic mass is 9.92. The minimum Gasteiger partial charge on any atom is -0.490 e. The fraction of sp³-hybridized carbons (Fsp3) is 0.406. The maximum atomic E-state index is 13.3. The second-order valence-corrected chi connectivity index (χ2v) is 12.6. The zero-order chi connectivity index (χ0) is 29.2.